The molecule has 0 aliphatic carbocycles. The van der Waals surface area contributed by atoms with Crippen molar-refractivity contribution >= 4 is 19.4 Å². The lowest BCUT2D eigenvalue weighted by Crippen LogP contribution is -2.53. The Balaban J connectivity index is 1.90. The molecule has 0 radical (unpaired) electrons. The first kappa shape index (κ1) is 19.3. The fourth-order valence-electron chi connectivity index (χ4n) is 3.69. The van der Waals surface area contributed by atoms with Crippen LogP contribution >= 0.6 is 0 Å². The third-order valence-electron chi connectivity index (χ3n) is 5.02. The van der Waals surface area contributed by atoms with E-state index < -0.39 is 9.04 Å². The average Bonchev–Trinajstić information content (AvgIpc) is 3.11. The third-order valence-corrected chi connectivity index (χ3v) is 7.57. The number of aliphatic hydroxyl groups is 1. The number of rotatable bonds is 6. The Labute approximate surface area is 158 Å². The zero-order chi connectivity index (χ0) is 18.6. The highest BCUT2D eigenvalue weighted by Crippen LogP contribution is 2.33. The van der Waals surface area contributed by atoms with Gasteiger partial charge in [-0.25, -0.2) is 0 Å². The maximum absolute atomic E-state index is 9.45. The molecule has 1 N–H and O–H groups in total. The first-order valence-corrected chi connectivity index (χ1v) is 11.1. The largest absolute Gasteiger partial charge is 0.405 e. The van der Waals surface area contributed by atoms with Gasteiger partial charge in [-0.1, -0.05) is 81.4 Å². The Morgan fingerprint density at radius 2 is 1.54 bits per heavy atom. The van der Waals surface area contributed by atoms with Crippen molar-refractivity contribution in [2.75, 3.05) is 6.61 Å². The summed E-state index contributed by atoms with van der Waals surface area (Å²) >= 11 is 0. The first-order chi connectivity index (χ1) is 12.5. The van der Waals surface area contributed by atoms with E-state index in [2.05, 4.69) is 69.3 Å². The van der Waals surface area contributed by atoms with Gasteiger partial charge in [-0.2, -0.15) is 0 Å². The quantitative estimate of drug-likeness (QED) is 0.794. The molecule has 26 heavy (non-hydrogen) atoms. The topological polar surface area (TPSA) is 38.7 Å². The van der Waals surface area contributed by atoms with Crippen LogP contribution in [0.3, 0.4) is 0 Å². The van der Waals surface area contributed by atoms with Gasteiger partial charge < -0.3 is 14.3 Å². The summed E-state index contributed by atoms with van der Waals surface area (Å²) in [4.78, 5) is 0. The summed E-state index contributed by atoms with van der Waals surface area (Å²) in [5, 5.41) is 12.0. The van der Waals surface area contributed by atoms with Gasteiger partial charge in [0.25, 0.3) is 0 Å². The minimum atomic E-state index is -1.84. The van der Waals surface area contributed by atoms with E-state index >= 15 is 0 Å². The fourth-order valence-corrected chi connectivity index (χ4v) is 6.41. The Hall–Kier alpha value is -1.46. The molecule has 3 unspecified atom stereocenters. The van der Waals surface area contributed by atoms with Crippen LogP contribution < -0.4 is 10.4 Å². The highest BCUT2D eigenvalue weighted by atomic mass is 28.3. The lowest BCUT2D eigenvalue weighted by Gasteiger charge is -2.38. The van der Waals surface area contributed by atoms with Crippen LogP contribution in [-0.2, 0) is 9.16 Å². The molecule has 3 rings (SSSR count). The predicted molar refractivity (Wildman–Crippen MR) is 109 cm³/mol. The van der Waals surface area contributed by atoms with Gasteiger partial charge in [-0.15, -0.1) is 0 Å². The predicted octanol–water partition coefficient (Wildman–Crippen LogP) is 2.50. The lowest BCUT2D eigenvalue weighted by molar-refractivity contribution is -0.0740. The van der Waals surface area contributed by atoms with Crippen molar-refractivity contribution in [3.8, 4) is 0 Å². The van der Waals surface area contributed by atoms with Crippen molar-refractivity contribution < 1.29 is 14.3 Å². The maximum Gasteiger partial charge on any atom is 0.240 e. The van der Waals surface area contributed by atoms with E-state index in [4.69, 9.17) is 9.16 Å². The van der Waals surface area contributed by atoms with Gasteiger partial charge in [0.15, 0.2) is 0 Å². The second kappa shape index (κ2) is 8.48. The molecule has 0 amide bonds. The Morgan fingerprint density at radius 1 is 1.00 bits per heavy atom. The van der Waals surface area contributed by atoms with Crippen molar-refractivity contribution in [3.05, 3.63) is 60.7 Å². The molecular formula is C22H30O3Si. The van der Waals surface area contributed by atoms with E-state index in [0.29, 0.717) is 0 Å². The van der Waals surface area contributed by atoms with Crippen LogP contribution in [0.15, 0.2) is 60.7 Å². The van der Waals surface area contributed by atoms with E-state index in [-0.39, 0.29) is 30.3 Å². The fraction of sp³-hybridized carbons (Fsp3) is 0.455. The highest BCUT2D eigenvalue weighted by Gasteiger charge is 2.40. The average molecular weight is 371 g/mol. The Bertz CT molecular complexity index is 629. The smallest absolute Gasteiger partial charge is 0.240 e. The van der Waals surface area contributed by atoms with Gasteiger partial charge in [0, 0.05) is 0 Å². The number of hydrogen-bond acceptors (Lipinski definition) is 3. The molecule has 140 valence electrons. The molecule has 1 aliphatic heterocycles. The molecule has 0 saturated carbocycles. The molecule has 2 aromatic carbocycles. The van der Waals surface area contributed by atoms with E-state index in [0.717, 1.165) is 12.8 Å². The van der Waals surface area contributed by atoms with E-state index in [9.17, 15) is 5.11 Å². The molecular weight excluding hydrogens is 340 g/mol. The van der Waals surface area contributed by atoms with Crippen molar-refractivity contribution in [1.29, 1.82) is 0 Å². The van der Waals surface area contributed by atoms with Crippen molar-refractivity contribution in [2.24, 2.45) is 5.41 Å². The molecule has 2 aromatic rings. The molecule has 1 saturated heterocycles. The van der Waals surface area contributed by atoms with Gasteiger partial charge in [0.2, 0.25) is 9.04 Å². The van der Waals surface area contributed by atoms with E-state index in [1.54, 1.807) is 0 Å². The van der Waals surface area contributed by atoms with Crippen LogP contribution in [0, 0.1) is 5.41 Å². The number of aliphatic hydroxyl groups excluding tert-OH is 1. The molecule has 0 spiro atoms. The zero-order valence-corrected chi connectivity index (χ0v) is 17.1. The lowest BCUT2D eigenvalue weighted by atomic mass is 9.85. The maximum atomic E-state index is 9.45. The summed E-state index contributed by atoms with van der Waals surface area (Å²) in [7, 11) is -1.84. The van der Waals surface area contributed by atoms with Crippen LogP contribution in [0.2, 0.25) is 0 Å². The molecule has 1 heterocycles. The second-order valence-electron chi connectivity index (χ2n) is 8.18. The van der Waals surface area contributed by atoms with Crippen LogP contribution in [0.4, 0.5) is 0 Å². The Morgan fingerprint density at radius 3 is 1.96 bits per heavy atom. The molecule has 4 heteroatoms. The number of ether oxygens (including phenoxy) is 1. The summed E-state index contributed by atoms with van der Waals surface area (Å²) in [6.45, 7) is 6.74. The Kier molecular flexibility index (Phi) is 6.30. The van der Waals surface area contributed by atoms with Crippen LogP contribution in [0.1, 0.15) is 33.6 Å². The minimum Gasteiger partial charge on any atom is -0.405 e. The molecule has 0 bridgehead atoms. The normalized spacial score (nSPS) is 21.9. The van der Waals surface area contributed by atoms with Gasteiger partial charge in [0.1, 0.15) is 0 Å². The first-order valence-electron chi connectivity index (χ1n) is 9.50. The summed E-state index contributed by atoms with van der Waals surface area (Å²) in [5.41, 5.74) is -0.0379. The minimum absolute atomic E-state index is 0.00358. The monoisotopic (exact) mass is 370 g/mol. The van der Waals surface area contributed by atoms with Gasteiger partial charge in [-0.3, -0.25) is 0 Å². The van der Waals surface area contributed by atoms with Crippen LogP contribution in [0.5, 0.6) is 0 Å². The highest BCUT2D eigenvalue weighted by molar-refractivity contribution is 6.80. The number of hydrogen-bond donors (Lipinski definition) is 1. The van der Waals surface area contributed by atoms with E-state index in [1.807, 2.05) is 12.1 Å². The number of benzene rings is 2. The van der Waals surface area contributed by atoms with Crippen LogP contribution in [-0.4, -0.2) is 39.1 Å². The molecule has 3 atom stereocenters. The van der Waals surface area contributed by atoms with Gasteiger partial charge in [-0.05, 0) is 28.6 Å². The van der Waals surface area contributed by atoms with Crippen molar-refractivity contribution in [1.82, 2.24) is 0 Å². The standard InChI is InChI=1S/C22H30O3Si/c1-22(2,3)21(20-15-14-17(16-23)24-20)25-26(18-10-6-4-7-11-18)19-12-8-5-9-13-19/h4-13,17,20-21,23,26H,14-16H2,1-3H3. The third kappa shape index (κ3) is 4.63. The second-order valence-corrected chi connectivity index (χ2v) is 10.5. The molecule has 1 aliphatic rings. The molecule has 3 nitrogen and oxygen atoms in total. The summed E-state index contributed by atoms with van der Waals surface area (Å²) in [5.74, 6) is 0. The van der Waals surface area contributed by atoms with Crippen LogP contribution in [0.25, 0.3) is 0 Å². The molecule has 0 aromatic heterocycles. The van der Waals surface area contributed by atoms with Gasteiger partial charge >= 0.3 is 0 Å². The van der Waals surface area contributed by atoms with Gasteiger partial charge in [0.05, 0.1) is 24.9 Å². The molecule has 1 fully saturated rings. The van der Waals surface area contributed by atoms with E-state index in [1.165, 1.54) is 10.4 Å². The SMILES string of the molecule is CC(C)(C)C(O[SiH](c1ccccc1)c1ccccc1)C1CCC(CO)O1. The zero-order valence-electron chi connectivity index (χ0n) is 16.0. The summed E-state index contributed by atoms with van der Waals surface area (Å²) < 4.78 is 13.0. The van der Waals surface area contributed by atoms with Crippen molar-refractivity contribution in [3.63, 3.8) is 0 Å². The summed E-state index contributed by atoms with van der Waals surface area (Å²) in [6.07, 6.45) is 1.82. The summed E-state index contributed by atoms with van der Waals surface area (Å²) in [6, 6.07) is 21.1. The van der Waals surface area contributed by atoms with Crippen molar-refractivity contribution in [2.45, 2.75) is 51.9 Å².